The molecule has 4 heteroatoms. The SMILES string of the molecule is COC(=O)[C@@H]1C[C@]23[C@@H]4CC[C@]25CO[C@@]26CC[C@@H]5CN4C[C@]23[C@@H]1CC6. The van der Waals surface area contributed by atoms with Crippen molar-refractivity contribution in [1.82, 2.24) is 4.90 Å². The number of methoxy groups -OCH3 is 1. The van der Waals surface area contributed by atoms with Crippen LogP contribution < -0.4 is 0 Å². The van der Waals surface area contributed by atoms with Crippen LogP contribution in [0.15, 0.2) is 0 Å². The number of hydrogen-bond acceptors (Lipinski definition) is 4. The number of hydrogen-bond donors (Lipinski definition) is 0. The van der Waals surface area contributed by atoms with E-state index in [1.807, 2.05) is 0 Å². The van der Waals surface area contributed by atoms with Crippen LogP contribution in [0, 0.1) is 34.0 Å². The zero-order valence-electron chi connectivity index (χ0n) is 14.6. The van der Waals surface area contributed by atoms with Crippen molar-refractivity contribution >= 4 is 5.97 Å². The van der Waals surface area contributed by atoms with Gasteiger partial charge in [-0.3, -0.25) is 9.69 Å². The van der Waals surface area contributed by atoms with Gasteiger partial charge in [0.15, 0.2) is 0 Å². The normalized spacial score (nSPS) is 66.8. The summed E-state index contributed by atoms with van der Waals surface area (Å²) in [6.07, 6.45) is 8.79. The first-order valence-corrected chi connectivity index (χ1v) is 10.1. The van der Waals surface area contributed by atoms with Crippen LogP contribution in [0.5, 0.6) is 0 Å². The van der Waals surface area contributed by atoms with Gasteiger partial charge in [-0.2, -0.15) is 0 Å². The van der Waals surface area contributed by atoms with E-state index in [1.165, 1.54) is 51.6 Å². The lowest BCUT2D eigenvalue weighted by Gasteiger charge is -2.62. The molecule has 4 aliphatic heterocycles. The summed E-state index contributed by atoms with van der Waals surface area (Å²) in [5.74, 6) is 1.52. The molecule has 0 aromatic carbocycles. The molecule has 4 saturated heterocycles. The van der Waals surface area contributed by atoms with Gasteiger partial charge in [0.05, 0.1) is 25.2 Å². The van der Waals surface area contributed by atoms with Gasteiger partial charge in [-0.25, -0.2) is 0 Å². The van der Waals surface area contributed by atoms with Crippen LogP contribution in [0.1, 0.15) is 44.9 Å². The maximum absolute atomic E-state index is 12.7. The highest BCUT2D eigenvalue weighted by molar-refractivity contribution is 5.74. The monoisotopic (exact) mass is 329 g/mol. The molecular weight excluding hydrogens is 302 g/mol. The number of ether oxygens (including phenoxy) is 2. The summed E-state index contributed by atoms with van der Waals surface area (Å²) in [7, 11) is 1.59. The summed E-state index contributed by atoms with van der Waals surface area (Å²) in [6, 6.07) is 0.727. The molecular formula is C20H27NO3. The summed E-state index contributed by atoms with van der Waals surface area (Å²) in [6.45, 7) is 3.52. The zero-order chi connectivity index (χ0) is 15.9. The van der Waals surface area contributed by atoms with Crippen LogP contribution >= 0.6 is 0 Å². The first-order valence-electron chi connectivity index (χ1n) is 10.1. The standard InChI is InChI=1S/C20H27NO3/c1-23-16(22)13-8-19-15-4-5-17(19)11-24-18-6-2-12(17)9-21(15)10-20(18,19)14(13)3-7-18/h12-15H,2-11H2,1H3/t12-,13-,14-,15+,17-,18-,19+,20+/m1/s1. The maximum Gasteiger partial charge on any atom is 0.308 e. The fraction of sp³-hybridized carbons (Fsp3) is 0.950. The van der Waals surface area contributed by atoms with Gasteiger partial charge in [0.1, 0.15) is 0 Å². The van der Waals surface area contributed by atoms with E-state index in [-0.39, 0.29) is 22.9 Å². The van der Waals surface area contributed by atoms with Gasteiger partial charge in [0.25, 0.3) is 0 Å². The molecule has 4 saturated carbocycles. The molecule has 8 rings (SSSR count). The lowest BCUT2D eigenvalue weighted by atomic mass is 9.46. The molecule has 130 valence electrons. The minimum atomic E-state index is 0.0737. The van der Waals surface area contributed by atoms with Gasteiger partial charge < -0.3 is 9.47 Å². The summed E-state index contributed by atoms with van der Waals surface area (Å²) in [4.78, 5) is 15.6. The predicted octanol–water partition coefficient (Wildman–Crippen LogP) is 2.22. The molecule has 4 spiro atoms. The third kappa shape index (κ3) is 0.938. The van der Waals surface area contributed by atoms with E-state index in [9.17, 15) is 4.79 Å². The van der Waals surface area contributed by atoms with Crippen molar-refractivity contribution in [2.24, 2.45) is 34.0 Å². The molecule has 6 bridgehead atoms. The first-order chi connectivity index (χ1) is 11.6. The Bertz CT molecular complexity index is 680. The van der Waals surface area contributed by atoms with Gasteiger partial charge in [0.2, 0.25) is 0 Å². The van der Waals surface area contributed by atoms with E-state index < -0.39 is 0 Å². The Kier molecular flexibility index (Phi) is 2.03. The molecule has 0 amide bonds. The molecule has 0 aromatic heterocycles. The Hall–Kier alpha value is -0.610. The molecule has 9 atom stereocenters. The molecule has 4 heterocycles. The first kappa shape index (κ1) is 13.6. The van der Waals surface area contributed by atoms with E-state index in [1.54, 1.807) is 7.11 Å². The van der Waals surface area contributed by atoms with E-state index in [0.29, 0.717) is 16.7 Å². The highest BCUT2D eigenvalue weighted by Crippen LogP contribution is 2.88. The van der Waals surface area contributed by atoms with E-state index in [0.717, 1.165) is 25.0 Å². The van der Waals surface area contributed by atoms with Crippen molar-refractivity contribution in [3.05, 3.63) is 0 Å². The van der Waals surface area contributed by atoms with Crippen LogP contribution in [0.2, 0.25) is 0 Å². The van der Waals surface area contributed by atoms with E-state index >= 15 is 0 Å². The Labute approximate surface area is 143 Å². The van der Waals surface area contributed by atoms with Gasteiger partial charge in [-0.1, -0.05) is 0 Å². The van der Waals surface area contributed by atoms with Gasteiger partial charge in [-0.15, -0.1) is 0 Å². The number of fused-ring (bicyclic) bond motifs is 2. The van der Waals surface area contributed by atoms with Crippen LogP contribution in [0.4, 0.5) is 0 Å². The van der Waals surface area contributed by atoms with Crippen molar-refractivity contribution in [3.8, 4) is 0 Å². The molecule has 0 aromatic rings. The number of piperidine rings is 1. The molecule has 8 aliphatic rings. The number of nitrogens with zero attached hydrogens (tertiary/aromatic N) is 1. The third-order valence-corrected chi connectivity index (χ3v) is 10.6. The van der Waals surface area contributed by atoms with Crippen LogP contribution in [0.25, 0.3) is 0 Å². The number of rotatable bonds is 1. The topological polar surface area (TPSA) is 38.8 Å². The van der Waals surface area contributed by atoms with Gasteiger partial charge in [-0.05, 0) is 56.8 Å². The van der Waals surface area contributed by atoms with Crippen molar-refractivity contribution in [3.63, 3.8) is 0 Å². The lowest BCUT2D eigenvalue weighted by molar-refractivity contribution is -0.252. The molecule has 0 radical (unpaired) electrons. The van der Waals surface area contributed by atoms with Crippen molar-refractivity contribution in [2.75, 3.05) is 26.8 Å². The van der Waals surface area contributed by atoms with Crippen molar-refractivity contribution in [1.29, 1.82) is 0 Å². The zero-order valence-corrected chi connectivity index (χ0v) is 14.6. The highest BCUT2D eigenvalue weighted by Gasteiger charge is 2.91. The molecule has 1 unspecified atom stereocenters. The Balaban J connectivity index is 1.56. The highest BCUT2D eigenvalue weighted by atomic mass is 16.5. The fourth-order valence-electron chi connectivity index (χ4n) is 10.4. The second kappa shape index (κ2) is 3.59. The van der Waals surface area contributed by atoms with Crippen molar-refractivity contribution < 1.29 is 14.3 Å². The van der Waals surface area contributed by atoms with E-state index in [2.05, 4.69) is 4.90 Å². The smallest absolute Gasteiger partial charge is 0.308 e. The number of carbonyl (C=O) groups is 1. The van der Waals surface area contributed by atoms with Crippen molar-refractivity contribution in [2.45, 2.75) is 56.6 Å². The molecule has 8 fully saturated rings. The molecule has 0 N–H and O–H groups in total. The van der Waals surface area contributed by atoms with E-state index in [4.69, 9.17) is 9.47 Å². The lowest BCUT2D eigenvalue weighted by Crippen LogP contribution is -2.66. The second-order valence-electron chi connectivity index (χ2n) is 10.1. The van der Waals surface area contributed by atoms with Gasteiger partial charge in [0, 0.05) is 35.4 Å². The number of carbonyl (C=O) groups excluding carboxylic acids is 1. The largest absolute Gasteiger partial charge is 0.469 e. The van der Waals surface area contributed by atoms with Crippen LogP contribution in [0.3, 0.4) is 0 Å². The molecule has 24 heavy (non-hydrogen) atoms. The molecule has 4 nitrogen and oxygen atoms in total. The summed E-state index contributed by atoms with van der Waals surface area (Å²) in [5, 5.41) is 0. The van der Waals surface area contributed by atoms with Gasteiger partial charge >= 0.3 is 5.97 Å². The van der Waals surface area contributed by atoms with Crippen LogP contribution in [-0.4, -0.2) is 49.3 Å². The Morgan fingerprint density at radius 3 is 2.92 bits per heavy atom. The van der Waals surface area contributed by atoms with Crippen LogP contribution in [-0.2, 0) is 14.3 Å². The third-order valence-electron chi connectivity index (χ3n) is 10.6. The minimum Gasteiger partial charge on any atom is -0.469 e. The summed E-state index contributed by atoms with van der Waals surface area (Å²) >= 11 is 0. The second-order valence-corrected chi connectivity index (χ2v) is 10.1. The quantitative estimate of drug-likeness (QED) is 0.692. The average Bonchev–Trinajstić information content (AvgIpc) is 3.16. The molecule has 4 aliphatic carbocycles. The minimum absolute atomic E-state index is 0.0737. The average molecular weight is 329 g/mol. The summed E-state index contributed by atoms with van der Waals surface area (Å²) < 4.78 is 12.2. The number of esters is 1. The maximum atomic E-state index is 12.7. The Morgan fingerprint density at radius 1 is 1.17 bits per heavy atom. The fourth-order valence-corrected chi connectivity index (χ4v) is 10.4. The summed E-state index contributed by atoms with van der Waals surface area (Å²) in [5.41, 5.74) is 1.06. The Morgan fingerprint density at radius 2 is 2.04 bits per heavy atom. The predicted molar refractivity (Wildman–Crippen MR) is 86.1 cm³/mol.